The van der Waals surface area contributed by atoms with Crippen LogP contribution in [0.25, 0.3) is 0 Å². The number of thiophene rings is 2. The standard InChI is InChI=1S/C29H24ClFN2O5S2/c1-15-12-13-39-27(15)24-23(26(34)20-10-11-21(30)40-20)22(16-4-3-5-19(14-16)38-2)25(28(35)36)33(24)29(37)32-18-8-6-17(31)7-9-18/h3-14,22-25H,1-2H3,(H,32,37)(H,35,36). The normalized spacial score (nSPS) is 20.4. The number of urea groups is 1. The van der Waals surface area contributed by atoms with Crippen LogP contribution in [0.2, 0.25) is 4.34 Å². The summed E-state index contributed by atoms with van der Waals surface area (Å²) in [5, 5.41) is 15.2. The lowest BCUT2D eigenvalue weighted by Gasteiger charge is -2.30. The van der Waals surface area contributed by atoms with Crippen molar-refractivity contribution in [3.8, 4) is 5.75 Å². The van der Waals surface area contributed by atoms with Crippen molar-refractivity contribution in [2.45, 2.75) is 24.9 Å². The molecule has 2 aromatic carbocycles. The summed E-state index contributed by atoms with van der Waals surface area (Å²) in [4.78, 5) is 43.6. The molecule has 1 aliphatic rings. The molecule has 0 saturated carbocycles. The lowest BCUT2D eigenvalue weighted by Crippen LogP contribution is -2.45. The number of halogens is 2. The first kappa shape index (κ1) is 27.8. The van der Waals surface area contributed by atoms with Crippen LogP contribution in [0.15, 0.2) is 72.1 Å². The molecule has 1 fully saturated rings. The van der Waals surface area contributed by atoms with Crippen LogP contribution in [0.3, 0.4) is 0 Å². The molecule has 0 spiro atoms. The Kier molecular flexibility index (Phi) is 7.93. The highest BCUT2D eigenvalue weighted by Gasteiger charge is 2.58. The third kappa shape index (κ3) is 5.22. The van der Waals surface area contributed by atoms with Gasteiger partial charge in [0.2, 0.25) is 0 Å². The average Bonchev–Trinajstić information content (AvgIpc) is 3.66. The van der Waals surface area contributed by atoms with Gasteiger partial charge >= 0.3 is 12.0 Å². The first-order valence-electron chi connectivity index (χ1n) is 12.2. The maximum atomic E-state index is 14.3. The fourth-order valence-electron chi connectivity index (χ4n) is 5.29. The van der Waals surface area contributed by atoms with E-state index in [1.165, 1.54) is 47.6 Å². The number of carboxylic acid groups (broad SMARTS) is 1. The zero-order valence-electron chi connectivity index (χ0n) is 21.3. The Hall–Kier alpha value is -3.73. The van der Waals surface area contributed by atoms with Gasteiger partial charge in [0.15, 0.2) is 5.78 Å². The molecule has 7 nitrogen and oxygen atoms in total. The Morgan fingerprint density at radius 1 is 1.07 bits per heavy atom. The summed E-state index contributed by atoms with van der Waals surface area (Å²) in [5.41, 5.74) is 1.66. The van der Waals surface area contributed by atoms with Crippen LogP contribution < -0.4 is 10.1 Å². The number of ketones is 1. The number of hydrogen-bond donors (Lipinski definition) is 2. The van der Waals surface area contributed by atoms with Crippen molar-refractivity contribution in [3.05, 3.63) is 103 Å². The van der Waals surface area contributed by atoms with Gasteiger partial charge in [-0.1, -0.05) is 23.7 Å². The molecule has 2 aromatic heterocycles. The smallest absolute Gasteiger partial charge is 0.327 e. The number of nitrogens with zero attached hydrogens (tertiary/aromatic N) is 1. The number of hydrogen-bond acceptors (Lipinski definition) is 6. The summed E-state index contributed by atoms with van der Waals surface area (Å²) in [6.07, 6.45) is 0. The van der Waals surface area contributed by atoms with Gasteiger partial charge in [0, 0.05) is 16.5 Å². The number of ether oxygens (including phenoxy) is 1. The van der Waals surface area contributed by atoms with E-state index in [9.17, 15) is 23.9 Å². The molecule has 40 heavy (non-hydrogen) atoms. The zero-order valence-corrected chi connectivity index (χ0v) is 23.7. The number of anilines is 1. The number of rotatable bonds is 7. The summed E-state index contributed by atoms with van der Waals surface area (Å²) in [5.74, 6) is -3.45. The predicted octanol–water partition coefficient (Wildman–Crippen LogP) is 7.24. The molecule has 2 N–H and O–H groups in total. The number of Topliss-reactive ketones (excluding diaryl/α,β-unsaturated/α-hetero) is 1. The van der Waals surface area contributed by atoms with Crippen molar-refractivity contribution >= 4 is 57.7 Å². The van der Waals surface area contributed by atoms with Gasteiger partial charge in [-0.2, -0.15) is 0 Å². The van der Waals surface area contributed by atoms with E-state index in [4.69, 9.17) is 16.3 Å². The number of amides is 2. The summed E-state index contributed by atoms with van der Waals surface area (Å²) in [7, 11) is 1.50. The monoisotopic (exact) mass is 598 g/mol. The van der Waals surface area contributed by atoms with Gasteiger partial charge in [0.05, 0.1) is 28.3 Å². The third-order valence-electron chi connectivity index (χ3n) is 7.02. The lowest BCUT2D eigenvalue weighted by atomic mass is 9.78. The number of carbonyl (C=O) groups excluding carboxylic acids is 2. The number of nitrogens with one attached hydrogen (secondary N) is 1. The molecule has 4 atom stereocenters. The predicted molar refractivity (Wildman–Crippen MR) is 153 cm³/mol. The second-order valence-electron chi connectivity index (χ2n) is 9.34. The highest BCUT2D eigenvalue weighted by Crippen LogP contribution is 2.53. The first-order valence-corrected chi connectivity index (χ1v) is 14.3. The molecule has 0 bridgehead atoms. The fourth-order valence-corrected chi connectivity index (χ4v) is 7.39. The highest BCUT2D eigenvalue weighted by atomic mass is 35.5. The number of likely N-dealkylation sites (tertiary alicyclic amines) is 1. The minimum atomic E-state index is -1.41. The van der Waals surface area contributed by atoms with Crippen molar-refractivity contribution in [3.63, 3.8) is 0 Å². The number of carboxylic acids is 1. The van der Waals surface area contributed by atoms with Gasteiger partial charge in [-0.3, -0.25) is 4.79 Å². The van der Waals surface area contributed by atoms with Crippen LogP contribution in [0.4, 0.5) is 14.9 Å². The van der Waals surface area contributed by atoms with Crippen molar-refractivity contribution in [1.29, 1.82) is 0 Å². The van der Waals surface area contributed by atoms with Crippen LogP contribution in [0.5, 0.6) is 5.75 Å². The summed E-state index contributed by atoms with van der Waals surface area (Å²) >= 11 is 8.64. The maximum Gasteiger partial charge on any atom is 0.327 e. The molecular formula is C29H24ClFN2O5S2. The number of benzene rings is 2. The molecule has 1 saturated heterocycles. The van der Waals surface area contributed by atoms with E-state index in [1.807, 2.05) is 18.4 Å². The summed E-state index contributed by atoms with van der Waals surface area (Å²) in [6.45, 7) is 1.86. The Labute approximate surface area is 242 Å². The Morgan fingerprint density at radius 3 is 2.42 bits per heavy atom. The number of methoxy groups -OCH3 is 1. The van der Waals surface area contributed by atoms with Crippen LogP contribution in [-0.2, 0) is 4.79 Å². The van der Waals surface area contributed by atoms with Crippen LogP contribution in [0, 0.1) is 18.7 Å². The van der Waals surface area contributed by atoms with E-state index in [0.29, 0.717) is 25.4 Å². The van der Waals surface area contributed by atoms with Crippen LogP contribution >= 0.6 is 34.3 Å². The third-order valence-corrected chi connectivity index (χ3v) is 9.35. The minimum Gasteiger partial charge on any atom is -0.497 e. The molecule has 2 amide bonds. The average molecular weight is 599 g/mol. The van der Waals surface area contributed by atoms with Crippen molar-refractivity contribution in [2.24, 2.45) is 5.92 Å². The fraction of sp³-hybridized carbons (Fsp3) is 0.207. The quantitative estimate of drug-likeness (QED) is 0.219. The van der Waals surface area contributed by atoms with E-state index >= 15 is 0 Å². The van der Waals surface area contributed by atoms with Crippen molar-refractivity contribution in [1.82, 2.24) is 4.90 Å². The molecular weight excluding hydrogens is 575 g/mol. The molecule has 206 valence electrons. The first-order chi connectivity index (χ1) is 19.2. The zero-order chi connectivity index (χ0) is 28.6. The molecule has 5 rings (SSSR count). The molecule has 0 aliphatic carbocycles. The SMILES string of the molecule is COc1cccc(C2C(C(=O)c3ccc(Cl)s3)C(c3sccc3C)N(C(=O)Nc3ccc(F)cc3)C2C(=O)O)c1. The van der Waals surface area contributed by atoms with Gasteiger partial charge in [-0.15, -0.1) is 22.7 Å². The van der Waals surface area contributed by atoms with Gasteiger partial charge in [0.25, 0.3) is 0 Å². The largest absolute Gasteiger partial charge is 0.497 e. The van der Waals surface area contributed by atoms with E-state index in [0.717, 1.165) is 16.9 Å². The van der Waals surface area contributed by atoms with Gasteiger partial charge < -0.3 is 20.1 Å². The Balaban J connectivity index is 1.72. The summed E-state index contributed by atoms with van der Waals surface area (Å²) in [6, 6.07) is 14.1. The minimum absolute atomic E-state index is 0.287. The lowest BCUT2D eigenvalue weighted by molar-refractivity contribution is -0.142. The molecule has 3 heterocycles. The van der Waals surface area contributed by atoms with E-state index in [-0.39, 0.29) is 11.5 Å². The van der Waals surface area contributed by atoms with E-state index in [1.54, 1.807) is 36.4 Å². The number of carbonyl (C=O) groups is 3. The highest BCUT2D eigenvalue weighted by molar-refractivity contribution is 7.18. The molecule has 11 heteroatoms. The van der Waals surface area contributed by atoms with Crippen molar-refractivity contribution in [2.75, 3.05) is 12.4 Å². The second kappa shape index (κ2) is 11.4. The number of aliphatic carboxylic acids is 1. The van der Waals surface area contributed by atoms with Crippen molar-refractivity contribution < 1.29 is 28.6 Å². The molecule has 0 radical (unpaired) electrons. The summed E-state index contributed by atoms with van der Waals surface area (Å²) < 4.78 is 19.4. The van der Waals surface area contributed by atoms with Gasteiger partial charge in [-0.25, -0.2) is 14.0 Å². The molecule has 1 aliphatic heterocycles. The van der Waals surface area contributed by atoms with Gasteiger partial charge in [-0.05, 0) is 78.0 Å². The Bertz CT molecular complexity index is 1570. The second-order valence-corrected chi connectivity index (χ2v) is 12.0. The topological polar surface area (TPSA) is 95.9 Å². The molecule has 4 aromatic rings. The maximum absolute atomic E-state index is 14.3. The number of aryl methyl sites for hydroxylation is 1. The molecule has 4 unspecified atom stereocenters. The van der Waals surface area contributed by atoms with E-state index < -0.39 is 41.7 Å². The Morgan fingerprint density at radius 2 is 1.82 bits per heavy atom. The van der Waals surface area contributed by atoms with E-state index in [2.05, 4.69) is 5.32 Å². The van der Waals surface area contributed by atoms with Crippen LogP contribution in [-0.4, -0.2) is 40.9 Å². The van der Waals surface area contributed by atoms with Gasteiger partial charge in [0.1, 0.15) is 17.6 Å². The van der Waals surface area contributed by atoms with Crippen LogP contribution in [0.1, 0.15) is 37.6 Å².